The Morgan fingerprint density at radius 3 is 2.48 bits per heavy atom. The number of nitrogens with zero attached hydrogens (tertiary/aromatic N) is 4. The number of nitrogens with one attached hydrogen (secondary N) is 1. The van der Waals surface area contributed by atoms with Gasteiger partial charge < -0.3 is 10.1 Å². The Bertz CT molecular complexity index is 1220. The van der Waals surface area contributed by atoms with Crippen LogP contribution in [0.5, 0.6) is 0 Å². The highest BCUT2D eigenvalue weighted by Crippen LogP contribution is 2.29. The van der Waals surface area contributed by atoms with Crippen molar-refractivity contribution in [3.63, 3.8) is 0 Å². The van der Waals surface area contributed by atoms with Crippen molar-refractivity contribution in [1.29, 1.82) is 0 Å². The minimum absolute atomic E-state index is 0.00369. The van der Waals surface area contributed by atoms with Crippen LogP contribution in [-0.4, -0.2) is 38.2 Å². The number of aromatic nitrogens is 3. The molecule has 1 N–H and O–H groups in total. The van der Waals surface area contributed by atoms with Crippen LogP contribution < -0.4 is 5.32 Å². The molecule has 2 heterocycles. The van der Waals surface area contributed by atoms with Gasteiger partial charge in [0, 0.05) is 24.0 Å². The standard InChI is InChI=1S/C20H16F3N5O5/c1-11-7-14(28(31)32)4-5-16(11)26-18(29)10-33-19(30)15-9-25-27(12(15)2)17-6-3-13(8-24-17)20(21,22)23/h3-9H,10H2,1-2H3,(H,26,29). The largest absolute Gasteiger partial charge is 0.452 e. The summed E-state index contributed by atoms with van der Waals surface area (Å²) in [5.41, 5.74) is -0.0455. The van der Waals surface area contributed by atoms with E-state index in [0.717, 1.165) is 23.0 Å². The van der Waals surface area contributed by atoms with Crippen molar-refractivity contribution >= 4 is 23.3 Å². The molecule has 2 aromatic heterocycles. The predicted molar refractivity (Wildman–Crippen MR) is 108 cm³/mol. The number of hydrogen-bond acceptors (Lipinski definition) is 7. The SMILES string of the molecule is Cc1cc([N+](=O)[O-])ccc1NC(=O)COC(=O)c1cnn(-c2ccc(C(F)(F)F)cn2)c1C. The van der Waals surface area contributed by atoms with Gasteiger partial charge in [0.1, 0.15) is 5.56 Å². The van der Waals surface area contributed by atoms with Crippen LogP contribution in [0.15, 0.2) is 42.7 Å². The number of benzene rings is 1. The Morgan fingerprint density at radius 2 is 1.91 bits per heavy atom. The van der Waals surface area contributed by atoms with E-state index >= 15 is 0 Å². The van der Waals surface area contributed by atoms with E-state index in [1.54, 1.807) is 6.92 Å². The number of carbonyl (C=O) groups excluding carboxylic acids is 2. The zero-order valence-corrected chi connectivity index (χ0v) is 17.2. The highest BCUT2D eigenvalue weighted by Gasteiger charge is 2.31. The highest BCUT2D eigenvalue weighted by molar-refractivity contribution is 5.96. The van der Waals surface area contributed by atoms with Crippen LogP contribution in [0.25, 0.3) is 5.82 Å². The summed E-state index contributed by atoms with van der Waals surface area (Å²) >= 11 is 0. The lowest BCUT2D eigenvalue weighted by molar-refractivity contribution is -0.384. The minimum Gasteiger partial charge on any atom is -0.452 e. The van der Waals surface area contributed by atoms with Gasteiger partial charge in [-0.2, -0.15) is 18.3 Å². The molecule has 3 aromatic rings. The monoisotopic (exact) mass is 463 g/mol. The molecule has 1 amide bonds. The molecule has 13 heteroatoms. The first kappa shape index (κ1) is 23.4. The summed E-state index contributed by atoms with van der Waals surface area (Å²) in [6, 6.07) is 5.82. The number of nitro groups is 1. The molecule has 0 aliphatic heterocycles. The number of alkyl halides is 3. The number of ether oxygens (including phenoxy) is 1. The molecule has 0 saturated carbocycles. The number of amides is 1. The van der Waals surface area contributed by atoms with Gasteiger partial charge in [0.2, 0.25) is 0 Å². The number of anilines is 1. The average molecular weight is 463 g/mol. The van der Waals surface area contributed by atoms with Crippen LogP contribution in [-0.2, 0) is 15.7 Å². The molecule has 0 aliphatic carbocycles. The lowest BCUT2D eigenvalue weighted by Crippen LogP contribution is -2.21. The molecule has 0 unspecified atom stereocenters. The van der Waals surface area contributed by atoms with Gasteiger partial charge in [-0.3, -0.25) is 14.9 Å². The molecule has 0 atom stereocenters. The van der Waals surface area contributed by atoms with Crippen molar-refractivity contribution in [2.75, 3.05) is 11.9 Å². The number of aryl methyl sites for hydroxylation is 1. The first-order valence-electron chi connectivity index (χ1n) is 9.27. The molecule has 33 heavy (non-hydrogen) atoms. The van der Waals surface area contributed by atoms with E-state index in [2.05, 4.69) is 15.4 Å². The Balaban J connectivity index is 1.64. The average Bonchev–Trinajstić information content (AvgIpc) is 3.14. The number of pyridine rings is 1. The second kappa shape index (κ2) is 9.06. The lowest BCUT2D eigenvalue weighted by atomic mass is 10.2. The predicted octanol–water partition coefficient (Wildman–Crippen LogP) is 3.61. The molecule has 1 aromatic carbocycles. The van der Waals surface area contributed by atoms with Crippen molar-refractivity contribution in [3.05, 3.63) is 75.2 Å². The number of non-ortho nitro benzene ring substituents is 1. The van der Waals surface area contributed by atoms with Crippen molar-refractivity contribution in [2.24, 2.45) is 0 Å². The maximum atomic E-state index is 12.7. The molecule has 3 rings (SSSR count). The number of nitro benzene ring substituents is 1. The maximum Gasteiger partial charge on any atom is 0.417 e. The summed E-state index contributed by atoms with van der Waals surface area (Å²) in [7, 11) is 0. The summed E-state index contributed by atoms with van der Waals surface area (Å²) in [5, 5.41) is 17.2. The first-order valence-corrected chi connectivity index (χ1v) is 9.27. The van der Waals surface area contributed by atoms with Crippen LogP contribution >= 0.6 is 0 Å². The van der Waals surface area contributed by atoms with Crippen LogP contribution in [0, 0.1) is 24.0 Å². The van der Waals surface area contributed by atoms with Crippen molar-refractivity contribution in [3.8, 4) is 5.82 Å². The summed E-state index contributed by atoms with van der Waals surface area (Å²) in [6.07, 6.45) is -2.73. The van der Waals surface area contributed by atoms with Gasteiger partial charge in [-0.05, 0) is 37.6 Å². The van der Waals surface area contributed by atoms with Gasteiger partial charge >= 0.3 is 12.1 Å². The fraction of sp³-hybridized carbons (Fsp3) is 0.200. The third kappa shape index (κ3) is 5.31. The van der Waals surface area contributed by atoms with Crippen LogP contribution in [0.3, 0.4) is 0 Å². The minimum atomic E-state index is -4.53. The summed E-state index contributed by atoms with van der Waals surface area (Å²) < 4.78 is 44.2. The number of esters is 1. The van der Waals surface area contributed by atoms with Gasteiger partial charge in [0.15, 0.2) is 12.4 Å². The third-order valence-corrected chi connectivity index (χ3v) is 4.55. The summed E-state index contributed by atoms with van der Waals surface area (Å²) in [4.78, 5) is 38.4. The number of carbonyl (C=O) groups is 2. The normalized spacial score (nSPS) is 11.2. The van der Waals surface area contributed by atoms with E-state index in [0.29, 0.717) is 17.4 Å². The van der Waals surface area contributed by atoms with Crippen LogP contribution in [0.1, 0.15) is 27.2 Å². The van der Waals surface area contributed by atoms with Gasteiger partial charge in [-0.15, -0.1) is 0 Å². The molecule has 0 bridgehead atoms. The number of hydrogen-bond donors (Lipinski definition) is 1. The van der Waals surface area contributed by atoms with Crippen molar-refractivity contribution < 1.29 is 32.4 Å². The highest BCUT2D eigenvalue weighted by atomic mass is 19.4. The molecule has 0 fully saturated rings. The molecule has 0 aliphatic rings. The van der Waals surface area contributed by atoms with E-state index in [1.807, 2.05) is 0 Å². The third-order valence-electron chi connectivity index (χ3n) is 4.55. The number of halogens is 3. The second-order valence-electron chi connectivity index (χ2n) is 6.84. The number of rotatable bonds is 6. The van der Waals surface area contributed by atoms with Gasteiger partial charge in [-0.1, -0.05) is 0 Å². The Kier molecular flexibility index (Phi) is 6.42. The van der Waals surface area contributed by atoms with E-state index in [1.165, 1.54) is 25.1 Å². The zero-order valence-electron chi connectivity index (χ0n) is 17.2. The fourth-order valence-corrected chi connectivity index (χ4v) is 2.82. The quantitative estimate of drug-likeness (QED) is 0.336. The molecular weight excluding hydrogens is 447 g/mol. The maximum absolute atomic E-state index is 12.7. The fourth-order valence-electron chi connectivity index (χ4n) is 2.82. The van der Waals surface area contributed by atoms with Crippen LogP contribution in [0.2, 0.25) is 0 Å². The Hall–Kier alpha value is -4.29. The van der Waals surface area contributed by atoms with Crippen molar-refractivity contribution in [1.82, 2.24) is 14.8 Å². The lowest BCUT2D eigenvalue weighted by Gasteiger charge is -2.09. The topological polar surface area (TPSA) is 129 Å². The second-order valence-corrected chi connectivity index (χ2v) is 6.84. The molecule has 0 spiro atoms. The molecule has 10 nitrogen and oxygen atoms in total. The van der Waals surface area contributed by atoms with E-state index in [4.69, 9.17) is 4.74 Å². The van der Waals surface area contributed by atoms with E-state index < -0.39 is 35.1 Å². The van der Waals surface area contributed by atoms with Gasteiger partial charge in [-0.25, -0.2) is 14.5 Å². The van der Waals surface area contributed by atoms with E-state index in [9.17, 15) is 32.9 Å². The molecule has 0 radical (unpaired) electrons. The van der Waals surface area contributed by atoms with Gasteiger partial charge in [0.05, 0.1) is 22.4 Å². The molecule has 172 valence electrons. The van der Waals surface area contributed by atoms with Gasteiger partial charge in [0.25, 0.3) is 11.6 Å². The summed E-state index contributed by atoms with van der Waals surface area (Å²) in [5.74, 6) is -1.48. The first-order chi connectivity index (χ1) is 15.5. The Labute approximate surface area is 184 Å². The van der Waals surface area contributed by atoms with Crippen LogP contribution in [0.4, 0.5) is 24.5 Å². The Morgan fingerprint density at radius 1 is 1.18 bits per heavy atom. The van der Waals surface area contributed by atoms with E-state index in [-0.39, 0.29) is 22.8 Å². The van der Waals surface area contributed by atoms with Crippen molar-refractivity contribution in [2.45, 2.75) is 20.0 Å². The summed E-state index contributed by atoms with van der Waals surface area (Å²) in [6.45, 7) is 2.42. The molecular formula is C20H16F3N5O5. The smallest absolute Gasteiger partial charge is 0.417 e. The zero-order chi connectivity index (χ0) is 24.3. The molecule has 0 saturated heterocycles.